The van der Waals surface area contributed by atoms with Crippen LogP contribution in [0.25, 0.3) is 0 Å². The normalized spacial score (nSPS) is 16.2. The lowest BCUT2D eigenvalue weighted by Gasteiger charge is -2.38. The molecule has 0 aliphatic heterocycles. The summed E-state index contributed by atoms with van der Waals surface area (Å²) in [7, 11) is 3.43. The monoisotopic (exact) mass is 249 g/mol. The SMILES string of the molecule is CC(C)[C@@](O)(c1ccccc1)[C@H](C)C(=O)N(C)C. The molecule has 0 heterocycles. The summed E-state index contributed by atoms with van der Waals surface area (Å²) in [5.74, 6) is -0.580. The zero-order chi connectivity index (χ0) is 13.9. The molecule has 1 N–H and O–H groups in total. The molecule has 1 aromatic carbocycles. The molecule has 3 heteroatoms. The number of rotatable bonds is 4. The molecule has 1 aromatic rings. The number of hydrogen-bond donors (Lipinski definition) is 1. The van der Waals surface area contributed by atoms with Crippen LogP contribution in [0.5, 0.6) is 0 Å². The average molecular weight is 249 g/mol. The summed E-state index contributed by atoms with van der Waals surface area (Å²) in [6.45, 7) is 5.66. The van der Waals surface area contributed by atoms with Gasteiger partial charge in [0.2, 0.25) is 5.91 Å². The highest BCUT2D eigenvalue weighted by Crippen LogP contribution is 2.37. The lowest BCUT2D eigenvalue weighted by atomic mass is 9.74. The molecular weight excluding hydrogens is 226 g/mol. The standard InChI is InChI=1S/C15H23NO2/c1-11(2)15(18,12(3)14(17)16(4)5)13-9-7-6-8-10-13/h6-12,18H,1-5H3/t12-,15+/m1/s1. The van der Waals surface area contributed by atoms with E-state index in [2.05, 4.69) is 0 Å². The van der Waals surface area contributed by atoms with Crippen molar-refractivity contribution in [3.05, 3.63) is 35.9 Å². The number of carbonyl (C=O) groups is 1. The van der Waals surface area contributed by atoms with E-state index in [0.29, 0.717) is 0 Å². The maximum absolute atomic E-state index is 12.1. The first-order chi connectivity index (χ1) is 8.31. The fraction of sp³-hybridized carbons (Fsp3) is 0.533. The summed E-state index contributed by atoms with van der Waals surface area (Å²) in [5.41, 5.74) is -0.342. The Morgan fingerprint density at radius 1 is 1.17 bits per heavy atom. The topological polar surface area (TPSA) is 40.5 Å². The van der Waals surface area contributed by atoms with Crippen molar-refractivity contribution in [2.75, 3.05) is 14.1 Å². The molecule has 2 atom stereocenters. The van der Waals surface area contributed by atoms with E-state index in [4.69, 9.17) is 0 Å². The van der Waals surface area contributed by atoms with Crippen molar-refractivity contribution in [2.24, 2.45) is 11.8 Å². The highest BCUT2D eigenvalue weighted by Gasteiger charge is 2.42. The molecule has 18 heavy (non-hydrogen) atoms. The Morgan fingerprint density at radius 2 is 1.67 bits per heavy atom. The summed E-state index contributed by atoms with van der Waals surface area (Å²) in [4.78, 5) is 13.7. The van der Waals surface area contributed by atoms with Gasteiger partial charge in [-0.3, -0.25) is 4.79 Å². The van der Waals surface area contributed by atoms with Crippen molar-refractivity contribution < 1.29 is 9.90 Å². The molecule has 0 aliphatic carbocycles. The Kier molecular flexibility index (Phi) is 4.52. The van der Waals surface area contributed by atoms with Crippen LogP contribution in [0.3, 0.4) is 0 Å². The molecule has 3 nitrogen and oxygen atoms in total. The number of hydrogen-bond acceptors (Lipinski definition) is 2. The van der Waals surface area contributed by atoms with Gasteiger partial charge in [-0.2, -0.15) is 0 Å². The summed E-state index contributed by atoms with van der Waals surface area (Å²) < 4.78 is 0. The van der Waals surface area contributed by atoms with Crippen LogP contribution in [0, 0.1) is 11.8 Å². The van der Waals surface area contributed by atoms with Crippen molar-refractivity contribution >= 4 is 5.91 Å². The molecule has 0 spiro atoms. The van der Waals surface area contributed by atoms with E-state index in [1.807, 2.05) is 44.2 Å². The molecule has 0 bridgehead atoms. The molecule has 0 saturated heterocycles. The molecule has 1 amide bonds. The number of amides is 1. The van der Waals surface area contributed by atoms with E-state index >= 15 is 0 Å². The first-order valence-corrected chi connectivity index (χ1v) is 6.30. The van der Waals surface area contributed by atoms with Crippen molar-refractivity contribution in [1.82, 2.24) is 4.90 Å². The Hall–Kier alpha value is -1.35. The van der Waals surface area contributed by atoms with Crippen LogP contribution in [0.2, 0.25) is 0 Å². The van der Waals surface area contributed by atoms with Crippen LogP contribution in [-0.4, -0.2) is 30.0 Å². The first-order valence-electron chi connectivity index (χ1n) is 6.30. The molecule has 0 aliphatic rings. The smallest absolute Gasteiger partial charge is 0.228 e. The predicted octanol–water partition coefficient (Wildman–Crippen LogP) is 2.25. The molecule has 0 aromatic heterocycles. The van der Waals surface area contributed by atoms with Gasteiger partial charge >= 0.3 is 0 Å². The van der Waals surface area contributed by atoms with Crippen LogP contribution < -0.4 is 0 Å². The molecule has 0 unspecified atom stereocenters. The lowest BCUT2D eigenvalue weighted by Crippen LogP contribution is -2.46. The van der Waals surface area contributed by atoms with Gasteiger partial charge in [-0.1, -0.05) is 51.1 Å². The number of carbonyl (C=O) groups excluding carboxylic acids is 1. The second-order valence-corrected chi connectivity index (χ2v) is 5.30. The Labute approximate surface area is 109 Å². The first kappa shape index (κ1) is 14.7. The van der Waals surface area contributed by atoms with Crippen molar-refractivity contribution in [3.8, 4) is 0 Å². The number of aliphatic hydroxyl groups is 1. The van der Waals surface area contributed by atoms with Crippen molar-refractivity contribution in [1.29, 1.82) is 0 Å². The van der Waals surface area contributed by atoms with Gasteiger partial charge in [-0.15, -0.1) is 0 Å². The minimum atomic E-state index is -1.14. The predicted molar refractivity (Wildman–Crippen MR) is 73.0 cm³/mol. The third-order valence-electron chi connectivity index (χ3n) is 3.59. The van der Waals surface area contributed by atoms with Gasteiger partial charge in [0.1, 0.15) is 5.60 Å². The molecule has 0 fully saturated rings. The molecule has 1 rings (SSSR count). The van der Waals surface area contributed by atoms with Crippen LogP contribution in [-0.2, 0) is 10.4 Å². The molecule has 0 saturated carbocycles. The summed E-state index contributed by atoms with van der Waals surface area (Å²) in [6.07, 6.45) is 0. The third-order valence-corrected chi connectivity index (χ3v) is 3.59. The van der Waals surface area contributed by atoms with Gasteiger partial charge in [-0.25, -0.2) is 0 Å². The van der Waals surface area contributed by atoms with Gasteiger partial charge in [0.25, 0.3) is 0 Å². The zero-order valence-corrected chi connectivity index (χ0v) is 11.8. The maximum Gasteiger partial charge on any atom is 0.228 e. The highest BCUT2D eigenvalue weighted by molar-refractivity contribution is 5.79. The Bertz CT molecular complexity index is 400. The van der Waals surface area contributed by atoms with E-state index in [-0.39, 0.29) is 11.8 Å². The quantitative estimate of drug-likeness (QED) is 0.889. The van der Waals surface area contributed by atoms with Gasteiger partial charge in [-0.05, 0) is 11.5 Å². The van der Waals surface area contributed by atoms with Crippen LogP contribution in [0.1, 0.15) is 26.3 Å². The Morgan fingerprint density at radius 3 is 2.06 bits per heavy atom. The van der Waals surface area contributed by atoms with Crippen LogP contribution >= 0.6 is 0 Å². The van der Waals surface area contributed by atoms with Gasteiger partial charge in [0.15, 0.2) is 0 Å². The summed E-state index contributed by atoms with van der Waals surface area (Å²) in [5, 5.41) is 11.0. The molecular formula is C15H23NO2. The second kappa shape index (κ2) is 5.53. The summed E-state index contributed by atoms with van der Waals surface area (Å²) in [6, 6.07) is 9.42. The lowest BCUT2D eigenvalue weighted by molar-refractivity contribution is -0.147. The van der Waals surface area contributed by atoms with Gasteiger partial charge < -0.3 is 10.0 Å². The average Bonchev–Trinajstić information content (AvgIpc) is 2.36. The van der Waals surface area contributed by atoms with Crippen LogP contribution in [0.15, 0.2) is 30.3 Å². The van der Waals surface area contributed by atoms with E-state index in [1.54, 1.807) is 21.0 Å². The van der Waals surface area contributed by atoms with Crippen LogP contribution in [0.4, 0.5) is 0 Å². The van der Waals surface area contributed by atoms with Crippen molar-refractivity contribution in [3.63, 3.8) is 0 Å². The third kappa shape index (κ3) is 2.56. The van der Waals surface area contributed by atoms with Crippen molar-refractivity contribution in [2.45, 2.75) is 26.4 Å². The van der Waals surface area contributed by atoms with E-state index < -0.39 is 11.5 Å². The summed E-state index contributed by atoms with van der Waals surface area (Å²) >= 11 is 0. The number of benzene rings is 1. The molecule has 0 radical (unpaired) electrons. The number of nitrogens with zero attached hydrogens (tertiary/aromatic N) is 1. The highest BCUT2D eigenvalue weighted by atomic mass is 16.3. The minimum absolute atomic E-state index is 0.0428. The van der Waals surface area contributed by atoms with Gasteiger partial charge in [0, 0.05) is 14.1 Å². The molecule has 100 valence electrons. The van der Waals surface area contributed by atoms with E-state index in [1.165, 1.54) is 4.90 Å². The fourth-order valence-corrected chi connectivity index (χ4v) is 2.36. The minimum Gasteiger partial charge on any atom is -0.384 e. The zero-order valence-electron chi connectivity index (χ0n) is 11.8. The maximum atomic E-state index is 12.1. The largest absolute Gasteiger partial charge is 0.384 e. The van der Waals surface area contributed by atoms with Gasteiger partial charge in [0.05, 0.1) is 5.92 Å². The van der Waals surface area contributed by atoms with E-state index in [9.17, 15) is 9.90 Å². The van der Waals surface area contributed by atoms with E-state index in [0.717, 1.165) is 5.56 Å². The Balaban J connectivity index is 3.21. The second-order valence-electron chi connectivity index (χ2n) is 5.30. The fourth-order valence-electron chi connectivity index (χ4n) is 2.36.